The highest BCUT2D eigenvalue weighted by molar-refractivity contribution is 5.77. The Morgan fingerprint density at radius 1 is 0.917 bits per heavy atom. The molecular formula is C20H26N2O2. The molecule has 0 saturated carbocycles. The monoisotopic (exact) mass is 326 g/mol. The third-order valence-corrected chi connectivity index (χ3v) is 3.84. The standard InChI is InChI=1S/C20H26N2O2/c1-24-19-11-9-18(10-12-19)13-15-21-16-20(23)22-14-5-8-17-6-3-2-4-7-17/h2-4,6-7,9-12,21H,5,8,13-16H2,1H3,(H,22,23). The van der Waals surface area contributed by atoms with Gasteiger partial charge in [0.15, 0.2) is 0 Å². The molecule has 128 valence electrons. The molecule has 0 heterocycles. The van der Waals surface area contributed by atoms with E-state index in [0.717, 1.165) is 31.6 Å². The summed E-state index contributed by atoms with van der Waals surface area (Å²) in [6, 6.07) is 18.3. The average Bonchev–Trinajstić information content (AvgIpc) is 2.64. The van der Waals surface area contributed by atoms with Crippen LogP contribution in [0, 0.1) is 0 Å². The molecule has 4 nitrogen and oxygen atoms in total. The highest BCUT2D eigenvalue weighted by atomic mass is 16.5. The van der Waals surface area contributed by atoms with Gasteiger partial charge in [-0.1, -0.05) is 42.5 Å². The van der Waals surface area contributed by atoms with Crippen LogP contribution in [0.2, 0.25) is 0 Å². The number of amides is 1. The quantitative estimate of drug-likeness (QED) is 0.660. The van der Waals surface area contributed by atoms with Gasteiger partial charge < -0.3 is 15.4 Å². The smallest absolute Gasteiger partial charge is 0.233 e. The Labute approximate surface area is 144 Å². The zero-order valence-electron chi connectivity index (χ0n) is 14.3. The fourth-order valence-electron chi connectivity index (χ4n) is 2.45. The number of hydrogen-bond donors (Lipinski definition) is 2. The van der Waals surface area contributed by atoms with Crippen LogP contribution in [0.25, 0.3) is 0 Å². The molecule has 0 spiro atoms. The first kappa shape index (κ1) is 18.0. The van der Waals surface area contributed by atoms with Gasteiger partial charge in [-0.05, 0) is 49.1 Å². The van der Waals surface area contributed by atoms with Crippen molar-refractivity contribution >= 4 is 5.91 Å². The van der Waals surface area contributed by atoms with Crippen molar-refractivity contribution in [3.8, 4) is 5.75 Å². The molecule has 2 aromatic rings. The minimum Gasteiger partial charge on any atom is -0.497 e. The van der Waals surface area contributed by atoms with Gasteiger partial charge >= 0.3 is 0 Å². The lowest BCUT2D eigenvalue weighted by Gasteiger charge is -2.07. The number of carbonyl (C=O) groups is 1. The van der Waals surface area contributed by atoms with Gasteiger partial charge in [-0.25, -0.2) is 0 Å². The number of nitrogens with one attached hydrogen (secondary N) is 2. The van der Waals surface area contributed by atoms with E-state index < -0.39 is 0 Å². The Kier molecular flexibility index (Phi) is 7.84. The Hall–Kier alpha value is -2.33. The molecule has 0 fully saturated rings. The van der Waals surface area contributed by atoms with Gasteiger partial charge in [-0.2, -0.15) is 0 Å². The van der Waals surface area contributed by atoms with E-state index in [9.17, 15) is 4.79 Å². The lowest BCUT2D eigenvalue weighted by molar-refractivity contribution is -0.120. The van der Waals surface area contributed by atoms with Crippen LogP contribution in [-0.4, -0.2) is 32.7 Å². The molecule has 0 bridgehead atoms. The zero-order chi connectivity index (χ0) is 17.0. The molecule has 0 unspecified atom stereocenters. The normalized spacial score (nSPS) is 10.4. The summed E-state index contributed by atoms with van der Waals surface area (Å²) in [7, 11) is 1.66. The summed E-state index contributed by atoms with van der Waals surface area (Å²) >= 11 is 0. The molecule has 0 radical (unpaired) electrons. The fraction of sp³-hybridized carbons (Fsp3) is 0.350. The Balaban J connectivity index is 1.51. The highest BCUT2D eigenvalue weighted by Gasteiger charge is 2.00. The third kappa shape index (κ3) is 6.84. The van der Waals surface area contributed by atoms with Crippen molar-refractivity contribution in [1.82, 2.24) is 10.6 Å². The molecule has 1 amide bonds. The molecule has 0 aliphatic rings. The maximum absolute atomic E-state index is 11.8. The first-order chi connectivity index (χ1) is 11.8. The summed E-state index contributed by atoms with van der Waals surface area (Å²) in [5.41, 5.74) is 2.54. The number of benzene rings is 2. The van der Waals surface area contributed by atoms with E-state index in [-0.39, 0.29) is 5.91 Å². The van der Waals surface area contributed by atoms with Gasteiger partial charge in [-0.15, -0.1) is 0 Å². The van der Waals surface area contributed by atoms with E-state index >= 15 is 0 Å². The van der Waals surface area contributed by atoms with Gasteiger partial charge in [0.2, 0.25) is 5.91 Å². The van der Waals surface area contributed by atoms with Gasteiger partial charge in [0, 0.05) is 6.54 Å². The van der Waals surface area contributed by atoms with Crippen molar-refractivity contribution in [3.05, 3.63) is 65.7 Å². The van der Waals surface area contributed by atoms with Crippen molar-refractivity contribution < 1.29 is 9.53 Å². The summed E-state index contributed by atoms with van der Waals surface area (Å²) < 4.78 is 5.13. The van der Waals surface area contributed by atoms with Crippen molar-refractivity contribution in [1.29, 1.82) is 0 Å². The zero-order valence-corrected chi connectivity index (χ0v) is 14.3. The van der Waals surface area contributed by atoms with Crippen LogP contribution < -0.4 is 15.4 Å². The second-order valence-electron chi connectivity index (χ2n) is 5.71. The maximum atomic E-state index is 11.8. The largest absolute Gasteiger partial charge is 0.497 e. The molecular weight excluding hydrogens is 300 g/mol. The number of carbonyl (C=O) groups excluding carboxylic acids is 1. The lowest BCUT2D eigenvalue weighted by Crippen LogP contribution is -2.35. The van der Waals surface area contributed by atoms with E-state index in [1.807, 2.05) is 42.5 Å². The topological polar surface area (TPSA) is 50.4 Å². The van der Waals surface area contributed by atoms with Gasteiger partial charge in [0.05, 0.1) is 13.7 Å². The molecule has 24 heavy (non-hydrogen) atoms. The number of aryl methyl sites for hydroxylation is 1. The lowest BCUT2D eigenvalue weighted by atomic mass is 10.1. The minimum absolute atomic E-state index is 0.0535. The van der Waals surface area contributed by atoms with E-state index in [1.54, 1.807) is 7.11 Å². The van der Waals surface area contributed by atoms with Crippen molar-refractivity contribution in [2.75, 3.05) is 26.7 Å². The van der Waals surface area contributed by atoms with E-state index in [1.165, 1.54) is 11.1 Å². The molecule has 2 rings (SSSR count). The molecule has 0 saturated heterocycles. The second kappa shape index (κ2) is 10.4. The van der Waals surface area contributed by atoms with E-state index in [0.29, 0.717) is 13.1 Å². The number of ether oxygens (including phenoxy) is 1. The van der Waals surface area contributed by atoms with Gasteiger partial charge in [0.25, 0.3) is 0 Å². The Morgan fingerprint density at radius 2 is 1.62 bits per heavy atom. The Morgan fingerprint density at radius 3 is 2.33 bits per heavy atom. The first-order valence-electron chi connectivity index (χ1n) is 8.42. The predicted octanol–water partition coefficient (Wildman–Crippen LogP) is 2.58. The van der Waals surface area contributed by atoms with Crippen LogP contribution >= 0.6 is 0 Å². The van der Waals surface area contributed by atoms with Crippen molar-refractivity contribution in [3.63, 3.8) is 0 Å². The van der Waals surface area contributed by atoms with Gasteiger partial charge in [-0.3, -0.25) is 4.79 Å². The third-order valence-electron chi connectivity index (χ3n) is 3.84. The second-order valence-corrected chi connectivity index (χ2v) is 5.71. The maximum Gasteiger partial charge on any atom is 0.233 e. The van der Waals surface area contributed by atoms with E-state index in [2.05, 4.69) is 22.8 Å². The number of rotatable bonds is 10. The summed E-state index contributed by atoms with van der Waals surface area (Å²) in [5.74, 6) is 0.916. The van der Waals surface area contributed by atoms with E-state index in [4.69, 9.17) is 4.74 Å². The van der Waals surface area contributed by atoms with Gasteiger partial charge in [0.1, 0.15) is 5.75 Å². The molecule has 2 N–H and O–H groups in total. The average molecular weight is 326 g/mol. The molecule has 0 atom stereocenters. The fourth-order valence-corrected chi connectivity index (χ4v) is 2.45. The van der Waals surface area contributed by atoms with Crippen molar-refractivity contribution in [2.24, 2.45) is 0 Å². The molecule has 0 aromatic heterocycles. The SMILES string of the molecule is COc1ccc(CCNCC(=O)NCCCc2ccccc2)cc1. The highest BCUT2D eigenvalue weighted by Crippen LogP contribution is 2.11. The summed E-state index contributed by atoms with van der Waals surface area (Å²) in [6.07, 6.45) is 2.85. The molecule has 0 aliphatic heterocycles. The van der Waals surface area contributed by atoms with Crippen LogP contribution in [0.5, 0.6) is 5.75 Å². The summed E-state index contributed by atoms with van der Waals surface area (Å²) in [6.45, 7) is 1.86. The predicted molar refractivity (Wildman–Crippen MR) is 97.3 cm³/mol. The number of hydrogen-bond acceptors (Lipinski definition) is 3. The number of methoxy groups -OCH3 is 1. The molecule has 2 aromatic carbocycles. The Bertz CT molecular complexity index is 597. The van der Waals surface area contributed by atoms with Crippen LogP contribution in [0.3, 0.4) is 0 Å². The van der Waals surface area contributed by atoms with Crippen LogP contribution in [-0.2, 0) is 17.6 Å². The molecule has 4 heteroatoms. The van der Waals surface area contributed by atoms with Crippen LogP contribution in [0.1, 0.15) is 17.5 Å². The van der Waals surface area contributed by atoms with Crippen LogP contribution in [0.4, 0.5) is 0 Å². The summed E-state index contributed by atoms with van der Waals surface area (Å²) in [4.78, 5) is 11.8. The minimum atomic E-state index is 0.0535. The summed E-state index contributed by atoms with van der Waals surface area (Å²) in [5, 5.41) is 6.13. The first-order valence-corrected chi connectivity index (χ1v) is 8.42. The van der Waals surface area contributed by atoms with Crippen LogP contribution in [0.15, 0.2) is 54.6 Å². The van der Waals surface area contributed by atoms with Crippen molar-refractivity contribution in [2.45, 2.75) is 19.3 Å². The molecule has 0 aliphatic carbocycles.